The minimum Gasteiger partial charge on any atom is -0.303 e. The van der Waals surface area contributed by atoms with Gasteiger partial charge in [0, 0.05) is 12.8 Å². The van der Waals surface area contributed by atoms with Crippen molar-refractivity contribution in [2.24, 2.45) is 0 Å². The van der Waals surface area contributed by atoms with Gasteiger partial charge in [0.15, 0.2) is 0 Å². The molecule has 0 aliphatic heterocycles. The topological polar surface area (TPSA) is 66.8 Å². The van der Waals surface area contributed by atoms with Crippen molar-refractivity contribution >= 4 is 7.82 Å². The van der Waals surface area contributed by atoms with Gasteiger partial charge in [-0.25, -0.2) is 9.09 Å². The monoisotopic (exact) mass is 344 g/mol. The Kier molecular flexibility index (Phi) is 5.21. The first-order valence-corrected chi connectivity index (χ1v) is 5.91. The van der Waals surface area contributed by atoms with E-state index >= 15 is 0 Å². The molecule has 0 aromatic heterocycles. The first kappa shape index (κ1) is 19.5. The lowest BCUT2D eigenvalue weighted by Crippen LogP contribution is -2.55. The fraction of sp³-hybridized carbons (Fsp3) is 1.00. The maximum Gasteiger partial charge on any atom is 0.474 e. The Morgan fingerprint density at radius 2 is 1.25 bits per heavy atom. The van der Waals surface area contributed by atoms with Gasteiger partial charge in [-0.05, 0) is 0 Å². The maximum atomic E-state index is 12.7. The van der Waals surface area contributed by atoms with Gasteiger partial charge in [-0.1, -0.05) is 0 Å². The molecule has 0 atom stereocenters. The molecule has 0 aromatic carbocycles. The lowest BCUT2D eigenvalue weighted by molar-refractivity contribution is -0.378. The molecule has 0 saturated carbocycles. The Hall–Kier alpha value is -0.520. The second kappa shape index (κ2) is 5.35. The zero-order valence-electron chi connectivity index (χ0n) is 8.97. The number of hydrogen-bond donors (Lipinski definition) is 2. The van der Waals surface area contributed by atoms with E-state index in [0.29, 0.717) is 0 Å². The molecular formula is C6H6F9O4P. The summed E-state index contributed by atoms with van der Waals surface area (Å²) >= 11 is 0. The summed E-state index contributed by atoms with van der Waals surface area (Å²) in [6.45, 7) is 0. The fourth-order valence-electron chi connectivity index (χ4n) is 0.875. The van der Waals surface area contributed by atoms with Crippen molar-refractivity contribution in [1.29, 1.82) is 0 Å². The van der Waals surface area contributed by atoms with Crippen LogP contribution < -0.4 is 0 Å². The first-order chi connectivity index (χ1) is 8.41. The summed E-state index contributed by atoms with van der Waals surface area (Å²) in [5.41, 5.74) is 0. The summed E-state index contributed by atoms with van der Waals surface area (Å²) in [6.07, 6.45) is -16.9. The van der Waals surface area contributed by atoms with Crippen LogP contribution in [0.2, 0.25) is 0 Å². The molecule has 122 valence electrons. The molecule has 0 saturated heterocycles. The van der Waals surface area contributed by atoms with Crippen LogP contribution in [0.5, 0.6) is 0 Å². The highest BCUT2D eigenvalue weighted by Crippen LogP contribution is 2.54. The van der Waals surface area contributed by atoms with Crippen LogP contribution in [0.4, 0.5) is 39.5 Å². The van der Waals surface area contributed by atoms with E-state index in [4.69, 9.17) is 9.79 Å². The van der Waals surface area contributed by atoms with Crippen molar-refractivity contribution in [3.63, 3.8) is 0 Å². The highest BCUT2D eigenvalue weighted by Gasteiger charge is 2.74. The summed E-state index contributed by atoms with van der Waals surface area (Å²) in [4.78, 5) is 15.8. The third kappa shape index (κ3) is 5.11. The van der Waals surface area contributed by atoms with Crippen LogP contribution in [-0.4, -0.2) is 33.9 Å². The van der Waals surface area contributed by atoms with E-state index in [0.717, 1.165) is 0 Å². The highest BCUT2D eigenvalue weighted by molar-refractivity contribution is 7.46. The minimum atomic E-state index is -6.56. The molecule has 0 aromatic rings. The summed E-state index contributed by atoms with van der Waals surface area (Å²) in [6, 6.07) is 0. The standard InChI is InChI=1S/C6H6F9O4P/c7-3(8,1-2-4(9,10)11)5(12,13)6(14,15)19-20(16,17)18/h1-2H2,(H2,16,17,18). The number of halogens is 9. The van der Waals surface area contributed by atoms with Gasteiger partial charge in [0.2, 0.25) is 0 Å². The van der Waals surface area contributed by atoms with E-state index in [1.807, 2.05) is 0 Å². The second-order valence-corrected chi connectivity index (χ2v) is 4.66. The Labute approximate surface area is 104 Å². The summed E-state index contributed by atoms with van der Waals surface area (Å²) in [5, 5.41) is 0. The van der Waals surface area contributed by atoms with Crippen LogP contribution in [-0.2, 0) is 9.09 Å². The lowest BCUT2D eigenvalue weighted by Gasteiger charge is -2.32. The van der Waals surface area contributed by atoms with E-state index in [2.05, 4.69) is 4.52 Å². The van der Waals surface area contributed by atoms with Gasteiger partial charge in [-0.2, -0.15) is 39.5 Å². The Morgan fingerprint density at radius 3 is 1.55 bits per heavy atom. The van der Waals surface area contributed by atoms with Crippen molar-refractivity contribution in [2.45, 2.75) is 37.0 Å². The molecule has 0 unspecified atom stereocenters. The number of rotatable bonds is 6. The summed E-state index contributed by atoms with van der Waals surface area (Å²) in [5.74, 6) is -12.5. The normalized spacial score (nSPS) is 15.6. The molecule has 0 aliphatic rings. The summed E-state index contributed by atoms with van der Waals surface area (Å²) < 4.78 is 123. The molecule has 0 radical (unpaired) electrons. The van der Waals surface area contributed by atoms with Crippen molar-refractivity contribution in [2.75, 3.05) is 0 Å². The second-order valence-electron chi connectivity index (χ2n) is 3.49. The summed E-state index contributed by atoms with van der Waals surface area (Å²) in [7, 11) is -6.29. The Balaban J connectivity index is 5.22. The number of alkyl halides is 9. The zero-order chi connectivity index (χ0) is 16.6. The van der Waals surface area contributed by atoms with Crippen molar-refractivity contribution in [3.8, 4) is 0 Å². The average Bonchev–Trinajstić information content (AvgIpc) is 2.09. The van der Waals surface area contributed by atoms with Crippen LogP contribution in [0, 0.1) is 0 Å². The van der Waals surface area contributed by atoms with E-state index in [9.17, 15) is 44.1 Å². The van der Waals surface area contributed by atoms with Crippen LogP contribution in [0.1, 0.15) is 12.8 Å². The van der Waals surface area contributed by atoms with Gasteiger partial charge in [-0.3, -0.25) is 0 Å². The van der Waals surface area contributed by atoms with Gasteiger partial charge in [-0.15, -0.1) is 0 Å². The van der Waals surface area contributed by atoms with Crippen molar-refractivity contribution in [3.05, 3.63) is 0 Å². The van der Waals surface area contributed by atoms with Crippen LogP contribution >= 0.6 is 7.82 Å². The van der Waals surface area contributed by atoms with Gasteiger partial charge in [0.25, 0.3) is 0 Å². The third-order valence-corrected chi connectivity index (χ3v) is 2.25. The molecule has 14 heteroatoms. The van der Waals surface area contributed by atoms with Gasteiger partial charge < -0.3 is 9.79 Å². The molecule has 0 spiro atoms. The smallest absolute Gasteiger partial charge is 0.303 e. The predicted octanol–water partition coefficient (Wildman–Crippen LogP) is 3.30. The van der Waals surface area contributed by atoms with Gasteiger partial charge in [0.05, 0.1) is 0 Å². The molecule has 0 amide bonds. The van der Waals surface area contributed by atoms with E-state index in [-0.39, 0.29) is 0 Å². The lowest BCUT2D eigenvalue weighted by atomic mass is 10.1. The molecular weight excluding hydrogens is 338 g/mol. The molecule has 0 rings (SSSR count). The molecule has 0 bridgehead atoms. The SMILES string of the molecule is O=P(O)(O)OC(F)(F)C(F)(F)C(F)(F)CCC(F)(F)F. The molecule has 0 aliphatic carbocycles. The van der Waals surface area contributed by atoms with Crippen LogP contribution in [0.25, 0.3) is 0 Å². The molecule has 20 heavy (non-hydrogen) atoms. The maximum absolute atomic E-state index is 12.7. The predicted molar refractivity (Wildman–Crippen MR) is 43.3 cm³/mol. The van der Waals surface area contributed by atoms with Crippen molar-refractivity contribution in [1.82, 2.24) is 0 Å². The molecule has 2 N–H and O–H groups in total. The molecule has 0 heterocycles. The number of hydrogen-bond acceptors (Lipinski definition) is 2. The average molecular weight is 344 g/mol. The van der Waals surface area contributed by atoms with E-state index < -0.39 is 44.8 Å². The van der Waals surface area contributed by atoms with E-state index in [1.165, 1.54) is 0 Å². The van der Waals surface area contributed by atoms with Gasteiger partial charge in [0.1, 0.15) is 0 Å². The largest absolute Gasteiger partial charge is 0.474 e. The fourth-order valence-corrected chi connectivity index (χ4v) is 1.29. The van der Waals surface area contributed by atoms with E-state index in [1.54, 1.807) is 0 Å². The Bertz CT molecular complexity index is 386. The quantitative estimate of drug-likeness (QED) is 0.573. The first-order valence-electron chi connectivity index (χ1n) is 4.38. The number of phosphoric ester groups is 1. The van der Waals surface area contributed by atoms with Crippen LogP contribution in [0.3, 0.4) is 0 Å². The van der Waals surface area contributed by atoms with Crippen molar-refractivity contribution < 1.29 is 58.4 Å². The zero-order valence-corrected chi connectivity index (χ0v) is 9.87. The van der Waals surface area contributed by atoms with Gasteiger partial charge >= 0.3 is 32.0 Å². The van der Waals surface area contributed by atoms with Crippen LogP contribution in [0.15, 0.2) is 0 Å². The number of phosphoric acid groups is 1. The minimum absolute atomic E-state index is 2.23. The third-order valence-electron chi connectivity index (χ3n) is 1.78. The Morgan fingerprint density at radius 1 is 0.850 bits per heavy atom. The molecule has 4 nitrogen and oxygen atoms in total. The molecule has 0 fully saturated rings. The highest BCUT2D eigenvalue weighted by atomic mass is 31.2.